The van der Waals surface area contributed by atoms with E-state index in [2.05, 4.69) is 43.1 Å². The van der Waals surface area contributed by atoms with Crippen molar-refractivity contribution in [2.45, 2.75) is 38.8 Å². The minimum Gasteiger partial charge on any atom is -0.379 e. The standard InChI is InChI=1S/C16H33N3O/c1-13(2)16-11-17-15(14-5-6-14)12-19(16)8-10-20-9-7-18(3)4/h13-17H,5-12H2,1-4H3. The highest BCUT2D eigenvalue weighted by atomic mass is 16.5. The molecule has 1 N–H and O–H groups in total. The Balaban J connectivity index is 1.72. The molecule has 0 bridgehead atoms. The summed E-state index contributed by atoms with van der Waals surface area (Å²) < 4.78 is 5.78. The molecule has 20 heavy (non-hydrogen) atoms. The van der Waals surface area contributed by atoms with Crippen LogP contribution in [0.15, 0.2) is 0 Å². The lowest BCUT2D eigenvalue weighted by Crippen LogP contribution is -2.59. The second-order valence-electron chi connectivity index (χ2n) is 7.07. The molecule has 1 saturated carbocycles. The van der Waals surface area contributed by atoms with Crippen LogP contribution >= 0.6 is 0 Å². The third-order valence-corrected chi connectivity index (χ3v) is 4.66. The topological polar surface area (TPSA) is 27.7 Å². The number of rotatable bonds is 8. The third kappa shape index (κ3) is 4.99. The van der Waals surface area contributed by atoms with E-state index in [9.17, 15) is 0 Å². The number of ether oxygens (including phenoxy) is 1. The number of hydrogen-bond acceptors (Lipinski definition) is 4. The third-order valence-electron chi connectivity index (χ3n) is 4.66. The molecular formula is C16H33N3O. The van der Waals surface area contributed by atoms with E-state index in [0.717, 1.165) is 44.8 Å². The van der Waals surface area contributed by atoms with E-state index < -0.39 is 0 Å². The normalized spacial score (nSPS) is 28.5. The highest BCUT2D eigenvalue weighted by molar-refractivity contribution is 4.95. The summed E-state index contributed by atoms with van der Waals surface area (Å²) in [4.78, 5) is 4.84. The van der Waals surface area contributed by atoms with Crippen LogP contribution in [0.5, 0.6) is 0 Å². The number of hydrogen-bond donors (Lipinski definition) is 1. The first-order chi connectivity index (χ1) is 9.58. The molecule has 4 nitrogen and oxygen atoms in total. The van der Waals surface area contributed by atoms with Gasteiger partial charge in [0.05, 0.1) is 13.2 Å². The SMILES string of the molecule is CC(C)C1CNC(C2CC2)CN1CCOCCN(C)C. The average Bonchev–Trinajstić information content (AvgIpc) is 3.21. The number of likely N-dealkylation sites (N-methyl/N-ethyl adjacent to an activating group) is 1. The zero-order chi connectivity index (χ0) is 14.5. The molecule has 1 aliphatic heterocycles. The van der Waals surface area contributed by atoms with Gasteiger partial charge in [-0.3, -0.25) is 4.90 Å². The minimum atomic E-state index is 0.669. The molecule has 2 unspecified atom stereocenters. The Bertz CT molecular complexity index is 279. The fourth-order valence-electron chi connectivity index (χ4n) is 3.11. The first-order valence-corrected chi connectivity index (χ1v) is 8.28. The Morgan fingerprint density at radius 1 is 1.25 bits per heavy atom. The summed E-state index contributed by atoms with van der Waals surface area (Å²) in [5.74, 6) is 1.66. The van der Waals surface area contributed by atoms with E-state index in [1.54, 1.807) is 0 Å². The smallest absolute Gasteiger partial charge is 0.0594 e. The molecule has 118 valence electrons. The Morgan fingerprint density at radius 3 is 2.60 bits per heavy atom. The van der Waals surface area contributed by atoms with Gasteiger partial charge in [0.15, 0.2) is 0 Å². The lowest BCUT2D eigenvalue weighted by molar-refractivity contribution is 0.0436. The Kier molecular flexibility index (Phi) is 6.27. The summed E-state index contributed by atoms with van der Waals surface area (Å²) in [5, 5.41) is 3.77. The number of piperazine rings is 1. The Labute approximate surface area is 124 Å². The fourth-order valence-corrected chi connectivity index (χ4v) is 3.11. The molecular weight excluding hydrogens is 250 g/mol. The summed E-state index contributed by atoms with van der Waals surface area (Å²) >= 11 is 0. The van der Waals surface area contributed by atoms with Crippen LogP contribution < -0.4 is 5.32 Å². The van der Waals surface area contributed by atoms with Gasteiger partial charge in [-0.1, -0.05) is 13.8 Å². The average molecular weight is 283 g/mol. The van der Waals surface area contributed by atoms with Crippen LogP contribution in [-0.4, -0.2) is 75.4 Å². The van der Waals surface area contributed by atoms with Gasteiger partial charge in [-0.25, -0.2) is 0 Å². The van der Waals surface area contributed by atoms with Crippen molar-refractivity contribution in [3.63, 3.8) is 0 Å². The van der Waals surface area contributed by atoms with Gasteiger partial charge in [0, 0.05) is 38.3 Å². The van der Waals surface area contributed by atoms with Crippen molar-refractivity contribution in [3.05, 3.63) is 0 Å². The summed E-state index contributed by atoms with van der Waals surface area (Å²) in [6.07, 6.45) is 2.86. The van der Waals surface area contributed by atoms with E-state index >= 15 is 0 Å². The van der Waals surface area contributed by atoms with Gasteiger partial charge in [0.1, 0.15) is 0 Å². The molecule has 2 rings (SSSR count). The van der Waals surface area contributed by atoms with Crippen LogP contribution in [0.4, 0.5) is 0 Å². The van der Waals surface area contributed by atoms with Crippen LogP contribution in [0.1, 0.15) is 26.7 Å². The van der Waals surface area contributed by atoms with Gasteiger partial charge in [0.25, 0.3) is 0 Å². The van der Waals surface area contributed by atoms with Gasteiger partial charge in [-0.2, -0.15) is 0 Å². The van der Waals surface area contributed by atoms with E-state index in [1.807, 2.05) is 0 Å². The van der Waals surface area contributed by atoms with Gasteiger partial charge < -0.3 is 15.0 Å². The van der Waals surface area contributed by atoms with Gasteiger partial charge in [-0.15, -0.1) is 0 Å². The maximum absolute atomic E-state index is 5.78. The van der Waals surface area contributed by atoms with Crippen molar-refractivity contribution in [2.75, 3.05) is 53.5 Å². The first kappa shape index (κ1) is 16.2. The molecule has 2 atom stereocenters. The highest BCUT2D eigenvalue weighted by Gasteiger charge is 2.37. The quantitative estimate of drug-likeness (QED) is 0.679. The first-order valence-electron chi connectivity index (χ1n) is 8.28. The molecule has 4 heteroatoms. The van der Waals surface area contributed by atoms with E-state index in [0.29, 0.717) is 12.0 Å². The van der Waals surface area contributed by atoms with Crippen LogP contribution in [0.2, 0.25) is 0 Å². The molecule has 1 aliphatic carbocycles. The zero-order valence-electron chi connectivity index (χ0n) is 13.8. The molecule has 0 aromatic carbocycles. The molecule has 1 heterocycles. The summed E-state index contributed by atoms with van der Waals surface area (Å²) in [7, 11) is 4.18. The maximum Gasteiger partial charge on any atom is 0.0594 e. The molecule has 2 fully saturated rings. The molecule has 0 aromatic heterocycles. The molecule has 1 saturated heterocycles. The molecule has 0 radical (unpaired) electrons. The van der Waals surface area contributed by atoms with E-state index in [4.69, 9.17) is 4.74 Å². The fraction of sp³-hybridized carbons (Fsp3) is 1.00. The Hall–Kier alpha value is -0.160. The van der Waals surface area contributed by atoms with Gasteiger partial charge in [0.2, 0.25) is 0 Å². The number of nitrogens with one attached hydrogen (secondary N) is 1. The van der Waals surface area contributed by atoms with Crippen molar-refractivity contribution >= 4 is 0 Å². The second kappa shape index (κ2) is 7.74. The molecule has 0 amide bonds. The van der Waals surface area contributed by atoms with Crippen LogP contribution in [0, 0.1) is 11.8 Å². The monoisotopic (exact) mass is 283 g/mol. The molecule has 0 spiro atoms. The van der Waals surface area contributed by atoms with Crippen molar-refractivity contribution in [2.24, 2.45) is 11.8 Å². The van der Waals surface area contributed by atoms with Gasteiger partial charge in [-0.05, 0) is 38.8 Å². The Morgan fingerprint density at radius 2 is 2.00 bits per heavy atom. The summed E-state index contributed by atoms with van der Waals surface area (Å²) in [6, 6.07) is 1.40. The highest BCUT2D eigenvalue weighted by Crippen LogP contribution is 2.34. The number of nitrogens with zero attached hydrogens (tertiary/aromatic N) is 2. The van der Waals surface area contributed by atoms with E-state index in [1.165, 1.54) is 19.4 Å². The lowest BCUT2D eigenvalue weighted by Gasteiger charge is -2.42. The molecule has 2 aliphatic rings. The minimum absolute atomic E-state index is 0.669. The summed E-state index contributed by atoms with van der Waals surface area (Å²) in [6.45, 7) is 10.8. The zero-order valence-corrected chi connectivity index (χ0v) is 13.8. The predicted octanol–water partition coefficient (Wildman–Crippen LogP) is 1.27. The van der Waals surface area contributed by atoms with Crippen molar-refractivity contribution in [1.29, 1.82) is 0 Å². The van der Waals surface area contributed by atoms with Crippen molar-refractivity contribution in [3.8, 4) is 0 Å². The van der Waals surface area contributed by atoms with Crippen LogP contribution in [0.3, 0.4) is 0 Å². The van der Waals surface area contributed by atoms with Crippen LogP contribution in [0.25, 0.3) is 0 Å². The van der Waals surface area contributed by atoms with Crippen molar-refractivity contribution < 1.29 is 4.74 Å². The van der Waals surface area contributed by atoms with Crippen molar-refractivity contribution in [1.82, 2.24) is 15.1 Å². The van der Waals surface area contributed by atoms with E-state index in [-0.39, 0.29) is 0 Å². The predicted molar refractivity (Wildman–Crippen MR) is 84.1 cm³/mol. The van der Waals surface area contributed by atoms with Gasteiger partial charge >= 0.3 is 0 Å². The largest absolute Gasteiger partial charge is 0.379 e. The lowest BCUT2D eigenvalue weighted by atomic mass is 9.97. The maximum atomic E-state index is 5.78. The molecule has 0 aromatic rings. The second-order valence-corrected chi connectivity index (χ2v) is 7.07. The summed E-state index contributed by atoms with van der Waals surface area (Å²) in [5.41, 5.74) is 0. The van der Waals surface area contributed by atoms with Crippen LogP contribution in [-0.2, 0) is 4.74 Å².